The Morgan fingerprint density at radius 1 is 1.62 bits per heavy atom. The standard InChI is InChI=1S/C9H12O4/c1-8(2)5-4-9(5,6(10)12-3)7(11)13-8/h5H,4H2,1-3H3/t5-,9-/m0/s1. The highest BCUT2D eigenvalue weighted by molar-refractivity contribution is 6.06. The zero-order valence-corrected chi connectivity index (χ0v) is 7.92. The molecule has 4 nitrogen and oxygen atoms in total. The van der Waals surface area contributed by atoms with Crippen molar-refractivity contribution in [1.82, 2.24) is 0 Å². The fourth-order valence-electron chi connectivity index (χ4n) is 2.22. The van der Waals surface area contributed by atoms with Crippen LogP contribution in [-0.4, -0.2) is 24.6 Å². The summed E-state index contributed by atoms with van der Waals surface area (Å²) in [7, 11) is 1.30. The molecule has 2 fully saturated rings. The van der Waals surface area contributed by atoms with Gasteiger partial charge in [-0.15, -0.1) is 0 Å². The maximum atomic E-state index is 11.4. The van der Waals surface area contributed by atoms with Crippen molar-refractivity contribution in [2.24, 2.45) is 11.3 Å². The first kappa shape index (κ1) is 8.53. The van der Waals surface area contributed by atoms with E-state index in [2.05, 4.69) is 4.74 Å². The fraction of sp³-hybridized carbons (Fsp3) is 0.778. The van der Waals surface area contributed by atoms with Crippen LogP contribution in [0.25, 0.3) is 0 Å². The van der Waals surface area contributed by atoms with Crippen LogP contribution in [0.4, 0.5) is 0 Å². The normalized spacial score (nSPS) is 39.3. The number of methoxy groups -OCH3 is 1. The van der Waals surface area contributed by atoms with E-state index in [-0.39, 0.29) is 5.92 Å². The summed E-state index contributed by atoms with van der Waals surface area (Å²) in [5.41, 5.74) is -1.47. The summed E-state index contributed by atoms with van der Waals surface area (Å²) >= 11 is 0. The average molecular weight is 184 g/mol. The first-order valence-electron chi connectivity index (χ1n) is 4.27. The number of fused-ring (bicyclic) bond motifs is 1. The maximum absolute atomic E-state index is 11.4. The number of esters is 2. The number of hydrogen-bond donors (Lipinski definition) is 0. The largest absolute Gasteiger partial charge is 0.468 e. The van der Waals surface area contributed by atoms with Crippen LogP contribution in [0.2, 0.25) is 0 Å². The number of carbonyl (C=O) groups is 2. The van der Waals surface area contributed by atoms with E-state index in [0.29, 0.717) is 6.42 Å². The summed E-state index contributed by atoms with van der Waals surface area (Å²) in [6.07, 6.45) is 0.575. The van der Waals surface area contributed by atoms with Crippen LogP contribution in [0.5, 0.6) is 0 Å². The number of carbonyl (C=O) groups excluding carboxylic acids is 2. The third kappa shape index (κ3) is 0.806. The van der Waals surface area contributed by atoms with E-state index in [1.165, 1.54) is 7.11 Å². The van der Waals surface area contributed by atoms with E-state index in [1.807, 2.05) is 13.8 Å². The quantitative estimate of drug-likeness (QED) is 0.440. The maximum Gasteiger partial charge on any atom is 0.324 e. The van der Waals surface area contributed by atoms with Gasteiger partial charge in [-0.25, -0.2) is 0 Å². The Morgan fingerprint density at radius 3 is 2.54 bits per heavy atom. The van der Waals surface area contributed by atoms with Crippen molar-refractivity contribution < 1.29 is 19.1 Å². The Kier molecular flexibility index (Phi) is 1.35. The van der Waals surface area contributed by atoms with Gasteiger partial charge in [-0.3, -0.25) is 9.59 Å². The minimum absolute atomic E-state index is 0.0000463. The molecule has 0 unspecified atom stereocenters. The Bertz CT molecular complexity index is 294. The van der Waals surface area contributed by atoms with Crippen molar-refractivity contribution in [2.75, 3.05) is 7.11 Å². The predicted molar refractivity (Wildman–Crippen MR) is 42.7 cm³/mol. The SMILES string of the molecule is COC(=O)[C@]12C[C@H]1C(C)(C)OC2=O. The van der Waals surface area contributed by atoms with Crippen molar-refractivity contribution in [2.45, 2.75) is 25.9 Å². The van der Waals surface area contributed by atoms with Crippen molar-refractivity contribution in [3.05, 3.63) is 0 Å². The van der Waals surface area contributed by atoms with Crippen LogP contribution in [0.3, 0.4) is 0 Å². The molecule has 1 aliphatic heterocycles. The lowest BCUT2D eigenvalue weighted by Gasteiger charge is -2.18. The molecule has 1 heterocycles. The molecule has 0 aromatic carbocycles. The Balaban J connectivity index is 2.31. The van der Waals surface area contributed by atoms with Crippen LogP contribution in [0.15, 0.2) is 0 Å². The van der Waals surface area contributed by atoms with E-state index >= 15 is 0 Å². The third-order valence-corrected chi connectivity index (χ3v) is 3.07. The van der Waals surface area contributed by atoms with Gasteiger partial charge in [0.05, 0.1) is 7.11 Å². The Labute approximate surface area is 76.2 Å². The van der Waals surface area contributed by atoms with Crippen molar-refractivity contribution >= 4 is 11.9 Å². The van der Waals surface area contributed by atoms with Gasteiger partial charge in [-0.05, 0) is 20.3 Å². The van der Waals surface area contributed by atoms with E-state index in [1.54, 1.807) is 0 Å². The Hall–Kier alpha value is -1.06. The van der Waals surface area contributed by atoms with Gasteiger partial charge in [0.15, 0.2) is 5.41 Å². The van der Waals surface area contributed by atoms with E-state index in [4.69, 9.17) is 4.74 Å². The molecule has 1 saturated heterocycles. The number of hydrogen-bond acceptors (Lipinski definition) is 4. The monoisotopic (exact) mass is 184 g/mol. The van der Waals surface area contributed by atoms with Crippen molar-refractivity contribution in [3.8, 4) is 0 Å². The van der Waals surface area contributed by atoms with E-state index < -0.39 is 23.0 Å². The predicted octanol–water partition coefficient (Wildman–Crippen LogP) is 0.501. The second-order valence-corrected chi connectivity index (χ2v) is 4.21. The highest BCUT2D eigenvalue weighted by atomic mass is 16.6. The summed E-state index contributed by atoms with van der Waals surface area (Å²) in [6.45, 7) is 3.65. The molecule has 1 aliphatic carbocycles. The molecule has 0 radical (unpaired) electrons. The van der Waals surface area contributed by atoms with Crippen molar-refractivity contribution in [1.29, 1.82) is 0 Å². The van der Waals surface area contributed by atoms with Gasteiger partial charge in [-0.2, -0.15) is 0 Å². The van der Waals surface area contributed by atoms with Crippen molar-refractivity contribution in [3.63, 3.8) is 0 Å². The smallest absolute Gasteiger partial charge is 0.324 e. The first-order chi connectivity index (χ1) is 5.95. The molecular weight excluding hydrogens is 172 g/mol. The molecule has 0 spiro atoms. The minimum Gasteiger partial charge on any atom is -0.468 e. The van der Waals surface area contributed by atoms with Crippen LogP contribution >= 0.6 is 0 Å². The molecule has 0 aromatic rings. The highest BCUT2D eigenvalue weighted by Crippen LogP contribution is 2.65. The van der Waals surface area contributed by atoms with E-state index in [0.717, 1.165) is 0 Å². The fourth-order valence-corrected chi connectivity index (χ4v) is 2.22. The third-order valence-electron chi connectivity index (χ3n) is 3.07. The molecule has 0 aromatic heterocycles. The van der Waals surface area contributed by atoms with Gasteiger partial charge in [-0.1, -0.05) is 0 Å². The molecule has 0 bridgehead atoms. The molecule has 1 saturated carbocycles. The van der Waals surface area contributed by atoms with Gasteiger partial charge >= 0.3 is 11.9 Å². The summed E-state index contributed by atoms with van der Waals surface area (Å²) in [5, 5.41) is 0. The van der Waals surface area contributed by atoms with Crippen LogP contribution in [0.1, 0.15) is 20.3 Å². The lowest BCUT2D eigenvalue weighted by molar-refractivity contribution is -0.162. The number of ether oxygens (including phenoxy) is 2. The minimum atomic E-state index is -0.960. The zero-order valence-electron chi connectivity index (χ0n) is 7.92. The molecule has 2 aliphatic rings. The van der Waals surface area contributed by atoms with Crippen LogP contribution < -0.4 is 0 Å². The number of cyclic esters (lactones) is 1. The molecule has 2 rings (SSSR count). The van der Waals surface area contributed by atoms with E-state index in [9.17, 15) is 9.59 Å². The summed E-state index contributed by atoms with van der Waals surface area (Å²) in [4.78, 5) is 22.8. The van der Waals surface area contributed by atoms with Gasteiger partial charge < -0.3 is 9.47 Å². The molecule has 2 atom stereocenters. The van der Waals surface area contributed by atoms with Crippen LogP contribution in [-0.2, 0) is 19.1 Å². The average Bonchev–Trinajstić information content (AvgIpc) is 2.74. The summed E-state index contributed by atoms with van der Waals surface area (Å²) in [5.74, 6) is -0.873. The molecule has 0 N–H and O–H groups in total. The van der Waals surface area contributed by atoms with Gasteiger partial charge in [0, 0.05) is 5.92 Å². The molecule has 72 valence electrons. The lowest BCUT2D eigenvalue weighted by Crippen LogP contribution is -2.26. The molecule has 13 heavy (non-hydrogen) atoms. The molecule has 4 heteroatoms. The Morgan fingerprint density at radius 2 is 2.23 bits per heavy atom. The molecule has 0 amide bonds. The lowest BCUT2D eigenvalue weighted by atomic mass is 9.98. The van der Waals surface area contributed by atoms with Gasteiger partial charge in [0.2, 0.25) is 0 Å². The van der Waals surface area contributed by atoms with Gasteiger partial charge in [0.25, 0.3) is 0 Å². The highest BCUT2D eigenvalue weighted by Gasteiger charge is 2.78. The first-order valence-corrected chi connectivity index (χ1v) is 4.27. The zero-order chi connectivity index (χ0) is 9.85. The second kappa shape index (κ2) is 2.05. The molecular formula is C9H12O4. The summed E-state index contributed by atoms with van der Waals surface area (Å²) < 4.78 is 9.70. The number of rotatable bonds is 1. The van der Waals surface area contributed by atoms with Gasteiger partial charge in [0.1, 0.15) is 5.60 Å². The second-order valence-electron chi connectivity index (χ2n) is 4.21. The topological polar surface area (TPSA) is 52.6 Å². The summed E-state index contributed by atoms with van der Waals surface area (Å²) in [6, 6.07) is 0. The van der Waals surface area contributed by atoms with Crippen LogP contribution in [0, 0.1) is 11.3 Å².